The fourth-order valence-electron chi connectivity index (χ4n) is 3.57. The van der Waals surface area contributed by atoms with Crippen LogP contribution in [0.3, 0.4) is 0 Å². The van der Waals surface area contributed by atoms with Crippen molar-refractivity contribution < 1.29 is 4.79 Å². The maximum Gasteiger partial charge on any atom is 0.285 e. The van der Waals surface area contributed by atoms with Crippen molar-refractivity contribution in [3.8, 4) is 11.1 Å². The van der Waals surface area contributed by atoms with Crippen LogP contribution in [0.25, 0.3) is 16.8 Å². The highest BCUT2D eigenvalue weighted by Crippen LogP contribution is 2.40. The molecule has 1 amide bonds. The van der Waals surface area contributed by atoms with Crippen molar-refractivity contribution in [1.29, 1.82) is 0 Å². The van der Waals surface area contributed by atoms with Crippen LogP contribution in [-0.2, 0) is 0 Å². The molecule has 1 fully saturated rings. The van der Waals surface area contributed by atoms with E-state index < -0.39 is 11.5 Å². The number of aromatic nitrogens is 4. The molecule has 0 aliphatic heterocycles. The molecule has 1 saturated carbocycles. The molecule has 8 heteroatoms. The van der Waals surface area contributed by atoms with E-state index in [9.17, 15) is 9.59 Å². The first kappa shape index (κ1) is 17.8. The van der Waals surface area contributed by atoms with Gasteiger partial charge in [-0.3, -0.25) is 20.0 Å². The van der Waals surface area contributed by atoms with Gasteiger partial charge >= 0.3 is 0 Å². The van der Waals surface area contributed by atoms with Crippen molar-refractivity contribution in [2.75, 3.05) is 5.32 Å². The summed E-state index contributed by atoms with van der Waals surface area (Å²) in [7, 11) is 0. The molecular weight excluding hydrogens is 386 g/mol. The van der Waals surface area contributed by atoms with Crippen LogP contribution in [0, 0.1) is 13.8 Å². The topological polar surface area (TPSA) is 92.2 Å². The number of fused-ring (bicyclic) bond motifs is 1. The molecule has 1 aromatic carbocycles. The minimum Gasteiger partial charge on any atom is -0.298 e. The second kappa shape index (κ2) is 6.66. The Bertz CT molecular complexity index is 1300. The van der Waals surface area contributed by atoms with Crippen LogP contribution in [0.15, 0.2) is 40.5 Å². The number of thiazole rings is 1. The average Bonchev–Trinajstić information content (AvgIpc) is 3.36. The summed E-state index contributed by atoms with van der Waals surface area (Å²) < 4.78 is 1.34. The van der Waals surface area contributed by atoms with Crippen molar-refractivity contribution in [2.45, 2.75) is 32.6 Å². The summed E-state index contributed by atoms with van der Waals surface area (Å²) >= 11 is 1.38. The van der Waals surface area contributed by atoms with Gasteiger partial charge in [-0.05, 0) is 32.3 Å². The van der Waals surface area contributed by atoms with E-state index in [1.165, 1.54) is 15.9 Å². The molecule has 0 saturated heterocycles. The van der Waals surface area contributed by atoms with Crippen molar-refractivity contribution in [3.05, 3.63) is 68.7 Å². The SMILES string of the molecule is Cc1nc2c(-c3ccccc3)c(C)[nH]n2c(=O)c1C(=O)Nc1nc(C2CC2)cs1. The number of rotatable bonds is 4. The summed E-state index contributed by atoms with van der Waals surface area (Å²) in [6.07, 6.45) is 2.29. The Balaban J connectivity index is 1.56. The van der Waals surface area contributed by atoms with E-state index in [1.54, 1.807) is 6.92 Å². The Morgan fingerprint density at radius 2 is 1.97 bits per heavy atom. The summed E-state index contributed by atoms with van der Waals surface area (Å²) in [5.41, 5.74) is 4.14. The van der Waals surface area contributed by atoms with Crippen molar-refractivity contribution in [3.63, 3.8) is 0 Å². The van der Waals surface area contributed by atoms with Crippen LogP contribution >= 0.6 is 11.3 Å². The molecule has 7 nitrogen and oxygen atoms in total. The van der Waals surface area contributed by atoms with Crippen LogP contribution in [0.2, 0.25) is 0 Å². The van der Waals surface area contributed by atoms with Gasteiger partial charge in [-0.25, -0.2) is 14.5 Å². The molecule has 0 atom stereocenters. The summed E-state index contributed by atoms with van der Waals surface area (Å²) in [5, 5.41) is 8.29. The van der Waals surface area contributed by atoms with Gasteiger partial charge < -0.3 is 0 Å². The monoisotopic (exact) mass is 405 g/mol. The van der Waals surface area contributed by atoms with Crippen LogP contribution < -0.4 is 10.9 Å². The van der Waals surface area contributed by atoms with Gasteiger partial charge in [0.2, 0.25) is 0 Å². The number of H-pyrrole nitrogens is 1. The van der Waals surface area contributed by atoms with E-state index in [0.29, 0.717) is 22.4 Å². The molecule has 1 aliphatic rings. The predicted molar refractivity (Wildman–Crippen MR) is 113 cm³/mol. The Morgan fingerprint density at radius 1 is 1.21 bits per heavy atom. The maximum absolute atomic E-state index is 13.1. The lowest BCUT2D eigenvalue weighted by atomic mass is 10.1. The second-order valence-corrected chi connectivity index (χ2v) is 8.18. The zero-order valence-corrected chi connectivity index (χ0v) is 16.8. The van der Waals surface area contributed by atoms with Crippen LogP contribution in [0.5, 0.6) is 0 Å². The van der Waals surface area contributed by atoms with E-state index in [1.807, 2.05) is 42.6 Å². The number of amides is 1. The van der Waals surface area contributed by atoms with Gasteiger partial charge in [0.05, 0.1) is 11.4 Å². The third kappa shape index (κ3) is 3.05. The van der Waals surface area contributed by atoms with Crippen molar-refractivity contribution in [1.82, 2.24) is 19.6 Å². The molecule has 2 N–H and O–H groups in total. The van der Waals surface area contributed by atoms with E-state index in [0.717, 1.165) is 35.4 Å². The Hall–Kier alpha value is -3.26. The van der Waals surface area contributed by atoms with Gasteiger partial charge in [-0.2, -0.15) is 0 Å². The molecule has 0 bridgehead atoms. The van der Waals surface area contributed by atoms with Gasteiger partial charge in [-0.1, -0.05) is 30.3 Å². The average molecular weight is 405 g/mol. The third-order valence-corrected chi connectivity index (χ3v) is 5.95. The lowest BCUT2D eigenvalue weighted by Crippen LogP contribution is -2.29. The molecule has 0 radical (unpaired) electrons. The van der Waals surface area contributed by atoms with Crippen molar-refractivity contribution >= 4 is 28.0 Å². The third-order valence-electron chi connectivity index (χ3n) is 5.17. The molecule has 0 spiro atoms. The van der Waals surface area contributed by atoms with E-state index in [-0.39, 0.29) is 5.56 Å². The number of carbonyl (C=O) groups is 1. The first-order valence-electron chi connectivity index (χ1n) is 9.47. The quantitative estimate of drug-likeness (QED) is 0.539. The standard InChI is InChI=1S/C21H19N5O2S/c1-11-17(19(27)24-21-23-15(10-29-21)13-8-9-13)20(28)26-18(22-11)16(12(2)25-26)14-6-4-3-5-7-14/h3-7,10,13,25H,8-9H2,1-2H3,(H,23,24,27). The van der Waals surface area contributed by atoms with E-state index in [2.05, 4.69) is 20.4 Å². The molecule has 1 aliphatic carbocycles. The molecule has 29 heavy (non-hydrogen) atoms. The van der Waals surface area contributed by atoms with Gasteiger partial charge in [-0.15, -0.1) is 11.3 Å². The molecule has 4 aromatic rings. The predicted octanol–water partition coefficient (Wildman–Crippen LogP) is 3.89. The number of hydrogen-bond donors (Lipinski definition) is 2. The van der Waals surface area contributed by atoms with E-state index in [4.69, 9.17) is 0 Å². The van der Waals surface area contributed by atoms with Gasteiger partial charge in [0.1, 0.15) is 5.56 Å². The number of nitrogens with zero attached hydrogens (tertiary/aromatic N) is 3. The summed E-state index contributed by atoms with van der Waals surface area (Å²) in [4.78, 5) is 35.0. The highest BCUT2D eigenvalue weighted by atomic mass is 32.1. The minimum atomic E-state index is -0.486. The number of nitrogens with one attached hydrogen (secondary N) is 2. The number of benzene rings is 1. The molecule has 0 unspecified atom stereocenters. The van der Waals surface area contributed by atoms with E-state index >= 15 is 0 Å². The molecule has 146 valence electrons. The smallest absolute Gasteiger partial charge is 0.285 e. The fourth-order valence-corrected chi connectivity index (χ4v) is 4.36. The highest BCUT2D eigenvalue weighted by molar-refractivity contribution is 7.14. The normalized spacial score (nSPS) is 13.7. The Morgan fingerprint density at radius 3 is 2.69 bits per heavy atom. The van der Waals surface area contributed by atoms with Crippen LogP contribution in [0.4, 0.5) is 5.13 Å². The Labute approximate surface area is 170 Å². The zero-order valence-electron chi connectivity index (χ0n) is 16.0. The van der Waals surface area contributed by atoms with Gasteiger partial charge in [0, 0.05) is 22.6 Å². The summed E-state index contributed by atoms with van der Waals surface area (Å²) in [6.45, 7) is 3.57. The summed E-state index contributed by atoms with van der Waals surface area (Å²) in [5.74, 6) is 0.0280. The first-order valence-corrected chi connectivity index (χ1v) is 10.3. The van der Waals surface area contributed by atoms with Crippen LogP contribution in [-0.4, -0.2) is 25.5 Å². The zero-order chi connectivity index (χ0) is 20.1. The van der Waals surface area contributed by atoms with Gasteiger partial charge in [0.15, 0.2) is 10.8 Å². The number of hydrogen-bond acceptors (Lipinski definition) is 5. The lowest BCUT2D eigenvalue weighted by molar-refractivity contribution is 0.102. The maximum atomic E-state index is 13.1. The number of carbonyl (C=O) groups excluding carboxylic acids is 1. The van der Waals surface area contributed by atoms with Crippen LogP contribution in [0.1, 0.15) is 46.2 Å². The second-order valence-electron chi connectivity index (χ2n) is 7.32. The number of anilines is 1. The fraction of sp³-hybridized carbons (Fsp3) is 0.238. The molecule has 3 heterocycles. The Kier molecular flexibility index (Phi) is 4.09. The van der Waals surface area contributed by atoms with Crippen molar-refractivity contribution in [2.24, 2.45) is 0 Å². The molecule has 3 aromatic heterocycles. The van der Waals surface area contributed by atoms with Gasteiger partial charge in [0.25, 0.3) is 11.5 Å². The number of aryl methyl sites for hydroxylation is 2. The number of aromatic amines is 1. The molecular formula is C21H19N5O2S. The first-order chi connectivity index (χ1) is 14.0. The highest BCUT2D eigenvalue weighted by Gasteiger charge is 2.27. The largest absolute Gasteiger partial charge is 0.298 e. The minimum absolute atomic E-state index is 0.0199. The summed E-state index contributed by atoms with van der Waals surface area (Å²) in [6, 6.07) is 9.76. The lowest BCUT2D eigenvalue weighted by Gasteiger charge is -2.06. The molecule has 5 rings (SSSR count).